The lowest BCUT2D eigenvalue weighted by molar-refractivity contribution is -0.146. The molecule has 1 N–H and O–H groups in total. The van der Waals surface area contributed by atoms with Crippen LogP contribution in [-0.4, -0.2) is 51.1 Å². The van der Waals surface area contributed by atoms with Crippen molar-refractivity contribution in [2.75, 3.05) is 34.3 Å². The Labute approximate surface area is 97.1 Å². The molecule has 5 nitrogen and oxygen atoms in total. The SMILES string of the molecule is CNCCCC(=O)N(C)CC(C)C(=O)OC. The molecule has 0 spiro atoms. The van der Waals surface area contributed by atoms with Gasteiger partial charge in [-0.1, -0.05) is 6.92 Å². The molecule has 1 amide bonds. The van der Waals surface area contributed by atoms with Crippen molar-refractivity contribution in [3.63, 3.8) is 0 Å². The molecule has 0 aliphatic rings. The maximum Gasteiger partial charge on any atom is 0.310 e. The Kier molecular flexibility index (Phi) is 7.54. The first kappa shape index (κ1) is 14.9. The lowest BCUT2D eigenvalue weighted by atomic mass is 10.1. The van der Waals surface area contributed by atoms with Crippen LogP contribution in [0.5, 0.6) is 0 Å². The van der Waals surface area contributed by atoms with Crippen LogP contribution in [0.25, 0.3) is 0 Å². The second kappa shape index (κ2) is 8.10. The Morgan fingerprint density at radius 3 is 2.56 bits per heavy atom. The molecule has 0 aromatic heterocycles. The first-order valence-electron chi connectivity index (χ1n) is 5.49. The number of carbonyl (C=O) groups excluding carboxylic acids is 2. The third kappa shape index (κ3) is 5.70. The lowest BCUT2D eigenvalue weighted by Crippen LogP contribution is -2.34. The average Bonchev–Trinajstić information content (AvgIpc) is 2.27. The van der Waals surface area contributed by atoms with Crippen LogP contribution in [0.2, 0.25) is 0 Å². The summed E-state index contributed by atoms with van der Waals surface area (Å²) in [5.74, 6) is -0.496. The molecule has 1 atom stereocenters. The van der Waals surface area contributed by atoms with Crippen molar-refractivity contribution in [3.05, 3.63) is 0 Å². The molecular formula is C11H22N2O3. The fraction of sp³-hybridized carbons (Fsp3) is 0.818. The predicted octanol–water partition coefficient (Wildman–Crippen LogP) is 0.254. The third-order valence-electron chi connectivity index (χ3n) is 2.39. The zero-order valence-corrected chi connectivity index (χ0v) is 10.6. The Morgan fingerprint density at radius 2 is 2.06 bits per heavy atom. The van der Waals surface area contributed by atoms with E-state index in [0.717, 1.165) is 13.0 Å². The molecule has 16 heavy (non-hydrogen) atoms. The van der Waals surface area contributed by atoms with Gasteiger partial charge in [0.2, 0.25) is 5.91 Å². The van der Waals surface area contributed by atoms with Gasteiger partial charge >= 0.3 is 5.97 Å². The summed E-state index contributed by atoms with van der Waals surface area (Å²) in [4.78, 5) is 24.4. The molecule has 0 bridgehead atoms. The maximum absolute atomic E-state index is 11.6. The number of esters is 1. The Balaban J connectivity index is 3.90. The van der Waals surface area contributed by atoms with Crippen LogP contribution >= 0.6 is 0 Å². The van der Waals surface area contributed by atoms with Gasteiger partial charge < -0.3 is 15.0 Å². The van der Waals surface area contributed by atoms with E-state index in [0.29, 0.717) is 13.0 Å². The van der Waals surface area contributed by atoms with Gasteiger partial charge in [0.05, 0.1) is 13.0 Å². The van der Waals surface area contributed by atoms with E-state index >= 15 is 0 Å². The summed E-state index contributed by atoms with van der Waals surface area (Å²) < 4.78 is 4.60. The standard InChI is InChI=1S/C11H22N2O3/c1-9(11(15)16-4)8-13(3)10(14)6-5-7-12-2/h9,12H,5-8H2,1-4H3. The third-order valence-corrected chi connectivity index (χ3v) is 2.39. The largest absolute Gasteiger partial charge is 0.469 e. The average molecular weight is 230 g/mol. The van der Waals surface area contributed by atoms with E-state index in [9.17, 15) is 9.59 Å². The van der Waals surface area contributed by atoms with E-state index < -0.39 is 0 Å². The van der Waals surface area contributed by atoms with Crippen LogP contribution in [-0.2, 0) is 14.3 Å². The molecule has 0 aromatic rings. The number of amides is 1. The van der Waals surface area contributed by atoms with Gasteiger partial charge in [0.25, 0.3) is 0 Å². The fourth-order valence-electron chi connectivity index (χ4n) is 1.40. The van der Waals surface area contributed by atoms with Gasteiger partial charge in [-0.15, -0.1) is 0 Å². The van der Waals surface area contributed by atoms with Crippen LogP contribution in [0.3, 0.4) is 0 Å². The molecule has 0 heterocycles. The summed E-state index contributed by atoms with van der Waals surface area (Å²) in [6.45, 7) is 2.99. The van der Waals surface area contributed by atoms with E-state index in [4.69, 9.17) is 0 Å². The van der Waals surface area contributed by atoms with Gasteiger partial charge in [-0.2, -0.15) is 0 Å². The number of rotatable bonds is 7. The van der Waals surface area contributed by atoms with Crippen LogP contribution in [0.4, 0.5) is 0 Å². The Bertz CT molecular complexity index is 231. The smallest absolute Gasteiger partial charge is 0.310 e. The Morgan fingerprint density at radius 1 is 1.44 bits per heavy atom. The van der Waals surface area contributed by atoms with Crippen molar-refractivity contribution < 1.29 is 14.3 Å². The molecule has 0 saturated carbocycles. The van der Waals surface area contributed by atoms with E-state index in [1.54, 1.807) is 18.9 Å². The van der Waals surface area contributed by atoms with Crippen molar-refractivity contribution in [1.82, 2.24) is 10.2 Å². The zero-order chi connectivity index (χ0) is 12.6. The zero-order valence-electron chi connectivity index (χ0n) is 10.6. The summed E-state index contributed by atoms with van der Waals surface area (Å²) in [7, 11) is 4.92. The van der Waals surface area contributed by atoms with Crippen molar-refractivity contribution in [1.29, 1.82) is 0 Å². The summed E-state index contributed by atoms with van der Waals surface area (Å²) in [6.07, 6.45) is 1.32. The van der Waals surface area contributed by atoms with Gasteiger partial charge in [0.15, 0.2) is 0 Å². The van der Waals surface area contributed by atoms with Crippen LogP contribution in [0, 0.1) is 5.92 Å². The number of nitrogens with zero attached hydrogens (tertiary/aromatic N) is 1. The van der Waals surface area contributed by atoms with E-state index in [1.807, 2.05) is 7.05 Å². The molecule has 0 rings (SSSR count). The summed E-state index contributed by atoms with van der Waals surface area (Å²) >= 11 is 0. The van der Waals surface area contributed by atoms with E-state index in [1.165, 1.54) is 7.11 Å². The van der Waals surface area contributed by atoms with Gasteiger partial charge in [-0.25, -0.2) is 0 Å². The monoisotopic (exact) mass is 230 g/mol. The maximum atomic E-state index is 11.6. The molecular weight excluding hydrogens is 208 g/mol. The van der Waals surface area contributed by atoms with Gasteiger partial charge in [0.1, 0.15) is 0 Å². The summed E-state index contributed by atoms with van der Waals surface area (Å²) in [5.41, 5.74) is 0. The number of methoxy groups -OCH3 is 1. The first-order chi connectivity index (χ1) is 7.52. The molecule has 0 aliphatic heterocycles. The van der Waals surface area contributed by atoms with E-state index in [-0.39, 0.29) is 17.8 Å². The second-order valence-corrected chi connectivity index (χ2v) is 3.91. The normalized spacial score (nSPS) is 12.0. The highest BCUT2D eigenvalue weighted by molar-refractivity contribution is 5.77. The molecule has 0 radical (unpaired) electrons. The molecule has 0 saturated heterocycles. The first-order valence-corrected chi connectivity index (χ1v) is 5.49. The highest BCUT2D eigenvalue weighted by Gasteiger charge is 2.18. The topological polar surface area (TPSA) is 58.6 Å². The number of hydrogen-bond donors (Lipinski definition) is 1. The number of hydrogen-bond acceptors (Lipinski definition) is 4. The summed E-state index contributed by atoms with van der Waals surface area (Å²) in [5, 5.41) is 2.99. The van der Waals surface area contributed by atoms with Crippen molar-refractivity contribution in [2.45, 2.75) is 19.8 Å². The lowest BCUT2D eigenvalue weighted by Gasteiger charge is -2.20. The number of carbonyl (C=O) groups is 2. The highest BCUT2D eigenvalue weighted by Crippen LogP contribution is 2.03. The molecule has 94 valence electrons. The van der Waals surface area contributed by atoms with Gasteiger partial charge in [-0.3, -0.25) is 9.59 Å². The van der Waals surface area contributed by atoms with E-state index in [2.05, 4.69) is 10.1 Å². The highest BCUT2D eigenvalue weighted by atomic mass is 16.5. The van der Waals surface area contributed by atoms with Crippen LogP contribution < -0.4 is 5.32 Å². The molecule has 5 heteroatoms. The Hall–Kier alpha value is -1.10. The molecule has 0 aromatic carbocycles. The molecule has 0 aliphatic carbocycles. The van der Waals surface area contributed by atoms with Crippen LogP contribution in [0.15, 0.2) is 0 Å². The van der Waals surface area contributed by atoms with Gasteiger partial charge in [-0.05, 0) is 20.0 Å². The number of nitrogens with one attached hydrogen (secondary N) is 1. The quantitative estimate of drug-likeness (QED) is 0.503. The minimum atomic E-state index is -0.283. The van der Waals surface area contributed by atoms with Gasteiger partial charge in [0, 0.05) is 20.0 Å². The number of ether oxygens (including phenoxy) is 1. The van der Waals surface area contributed by atoms with Crippen molar-refractivity contribution in [2.24, 2.45) is 5.92 Å². The molecule has 1 unspecified atom stereocenters. The van der Waals surface area contributed by atoms with Crippen molar-refractivity contribution in [3.8, 4) is 0 Å². The summed E-state index contributed by atoms with van der Waals surface area (Å²) in [6, 6.07) is 0. The van der Waals surface area contributed by atoms with Crippen molar-refractivity contribution >= 4 is 11.9 Å². The van der Waals surface area contributed by atoms with Crippen LogP contribution in [0.1, 0.15) is 19.8 Å². The minimum Gasteiger partial charge on any atom is -0.469 e. The predicted molar refractivity (Wildman–Crippen MR) is 62.0 cm³/mol. The second-order valence-electron chi connectivity index (χ2n) is 3.91. The minimum absolute atomic E-state index is 0.0611. The molecule has 0 fully saturated rings. The fourth-order valence-corrected chi connectivity index (χ4v) is 1.40.